The third-order valence-electron chi connectivity index (χ3n) is 2.95. The van der Waals surface area contributed by atoms with Gasteiger partial charge >= 0.3 is 0 Å². The lowest BCUT2D eigenvalue weighted by Crippen LogP contribution is -2.26. The quantitative estimate of drug-likeness (QED) is 0.873. The molecule has 0 aliphatic heterocycles. The number of amides is 1. The minimum absolute atomic E-state index is 0.0658. The summed E-state index contributed by atoms with van der Waals surface area (Å²) in [6, 6.07) is 0.234. The first-order chi connectivity index (χ1) is 8.75. The Morgan fingerprint density at radius 2 is 2.05 bits per heavy atom. The van der Waals surface area contributed by atoms with Crippen LogP contribution in [0, 0.1) is 6.92 Å². The van der Waals surface area contributed by atoms with E-state index in [-0.39, 0.29) is 17.4 Å². The highest BCUT2D eigenvalue weighted by Gasteiger charge is 2.22. The van der Waals surface area contributed by atoms with Gasteiger partial charge in [-0.2, -0.15) is 0 Å². The van der Waals surface area contributed by atoms with Crippen molar-refractivity contribution in [3.63, 3.8) is 0 Å². The van der Waals surface area contributed by atoms with Gasteiger partial charge < -0.3 is 10.6 Å². The molecule has 1 heterocycles. The molecule has 5 heteroatoms. The van der Waals surface area contributed by atoms with E-state index < -0.39 is 0 Å². The van der Waals surface area contributed by atoms with Crippen LogP contribution < -0.4 is 10.6 Å². The lowest BCUT2D eigenvalue weighted by Gasteiger charge is -2.14. The van der Waals surface area contributed by atoms with Gasteiger partial charge in [-0.15, -0.1) is 11.3 Å². The molecule has 0 saturated carbocycles. The maximum absolute atomic E-state index is 11.2. The largest absolute Gasteiger partial charge is 0.359 e. The number of thiazole rings is 1. The van der Waals surface area contributed by atoms with Crippen molar-refractivity contribution in [2.75, 3.05) is 13.6 Å². The lowest BCUT2D eigenvalue weighted by atomic mass is 9.98. The second-order valence-electron chi connectivity index (χ2n) is 5.82. The molecule has 1 aromatic rings. The van der Waals surface area contributed by atoms with Crippen molar-refractivity contribution in [2.45, 2.75) is 52.5 Å². The number of carbonyl (C=O) groups is 1. The fourth-order valence-corrected chi connectivity index (χ4v) is 2.90. The molecule has 0 spiro atoms. The fourth-order valence-electron chi connectivity index (χ4n) is 1.75. The molecule has 0 bridgehead atoms. The van der Waals surface area contributed by atoms with Crippen LogP contribution in [0.1, 0.15) is 55.7 Å². The summed E-state index contributed by atoms with van der Waals surface area (Å²) in [7, 11) is 1.66. The molecular weight excluding hydrogens is 258 g/mol. The summed E-state index contributed by atoms with van der Waals surface area (Å²) in [5, 5.41) is 7.17. The van der Waals surface area contributed by atoms with E-state index in [9.17, 15) is 4.79 Å². The summed E-state index contributed by atoms with van der Waals surface area (Å²) in [4.78, 5) is 17.1. The van der Waals surface area contributed by atoms with E-state index in [0.29, 0.717) is 13.0 Å². The Hall–Kier alpha value is -0.940. The molecule has 4 nitrogen and oxygen atoms in total. The van der Waals surface area contributed by atoms with Crippen molar-refractivity contribution in [3.8, 4) is 0 Å². The second kappa shape index (κ2) is 6.48. The average molecular weight is 283 g/mol. The van der Waals surface area contributed by atoms with Crippen molar-refractivity contribution in [1.29, 1.82) is 0 Å². The standard InChI is InChI=1S/C14H25N3OS/c1-9(16-8-7-11(18)15-6)12-10(2)17-13(19-12)14(3,4)5/h9,16H,7-8H2,1-6H3,(H,15,18). The highest BCUT2D eigenvalue weighted by Crippen LogP contribution is 2.32. The van der Waals surface area contributed by atoms with E-state index in [1.54, 1.807) is 18.4 Å². The topological polar surface area (TPSA) is 54.0 Å². The maximum atomic E-state index is 11.2. The minimum Gasteiger partial charge on any atom is -0.359 e. The first-order valence-electron chi connectivity index (χ1n) is 6.67. The van der Waals surface area contributed by atoms with E-state index in [0.717, 1.165) is 5.69 Å². The summed E-state index contributed by atoms with van der Waals surface area (Å²) in [5.74, 6) is 0.0658. The van der Waals surface area contributed by atoms with Gasteiger partial charge in [0.25, 0.3) is 0 Å². The molecule has 0 aliphatic rings. The average Bonchev–Trinajstić information content (AvgIpc) is 2.70. The van der Waals surface area contributed by atoms with Crippen LogP contribution in [0.3, 0.4) is 0 Å². The summed E-state index contributed by atoms with van der Waals surface area (Å²) in [5.41, 5.74) is 1.19. The van der Waals surface area contributed by atoms with Crippen LogP contribution in [0.5, 0.6) is 0 Å². The van der Waals surface area contributed by atoms with E-state index in [2.05, 4.69) is 50.2 Å². The molecule has 0 saturated heterocycles. The van der Waals surface area contributed by atoms with Gasteiger partial charge in [0.2, 0.25) is 5.91 Å². The zero-order valence-electron chi connectivity index (χ0n) is 12.8. The van der Waals surface area contributed by atoms with Gasteiger partial charge in [0, 0.05) is 36.3 Å². The van der Waals surface area contributed by atoms with Crippen LogP contribution in [0.25, 0.3) is 0 Å². The number of aryl methyl sites for hydroxylation is 1. The smallest absolute Gasteiger partial charge is 0.221 e. The zero-order chi connectivity index (χ0) is 14.6. The van der Waals surface area contributed by atoms with Crippen LogP contribution in [-0.4, -0.2) is 24.5 Å². The molecule has 0 radical (unpaired) electrons. The Balaban J connectivity index is 2.64. The van der Waals surface area contributed by atoms with Crippen LogP contribution in [0.15, 0.2) is 0 Å². The lowest BCUT2D eigenvalue weighted by molar-refractivity contribution is -0.120. The zero-order valence-corrected chi connectivity index (χ0v) is 13.6. The normalized spacial score (nSPS) is 13.4. The third kappa shape index (κ3) is 4.58. The highest BCUT2D eigenvalue weighted by atomic mass is 32.1. The van der Waals surface area contributed by atoms with Crippen molar-refractivity contribution >= 4 is 17.2 Å². The van der Waals surface area contributed by atoms with E-state index in [4.69, 9.17) is 0 Å². The third-order valence-corrected chi connectivity index (χ3v) is 4.71. The molecule has 1 atom stereocenters. The van der Waals surface area contributed by atoms with Gasteiger partial charge in [-0.25, -0.2) is 4.98 Å². The predicted molar refractivity (Wildman–Crippen MR) is 80.7 cm³/mol. The summed E-state index contributed by atoms with van der Waals surface area (Å²) >= 11 is 1.76. The Morgan fingerprint density at radius 1 is 1.42 bits per heavy atom. The van der Waals surface area contributed by atoms with Crippen molar-refractivity contribution in [2.24, 2.45) is 0 Å². The molecule has 0 fully saturated rings. The van der Waals surface area contributed by atoms with E-state index in [1.165, 1.54) is 9.88 Å². The number of rotatable bonds is 5. The molecule has 2 N–H and O–H groups in total. The first kappa shape index (κ1) is 16.1. The highest BCUT2D eigenvalue weighted by molar-refractivity contribution is 7.12. The number of nitrogens with one attached hydrogen (secondary N) is 2. The molecular formula is C14H25N3OS. The van der Waals surface area contributed by atoms with Crippen molar-refractivity contribution in [3.05, 3.63) is 15.6 Å². The summed E-state index contributed by atoms with van der Waals surface area (Å²) < 4.78 is 0. The number of hydrogen-bond donors (Lipinski definition) is 2. The maximum Gasteiger partial charge on any atom is 0.221 e. The SMILES string of the molecule is CNC(=O)CCNC(C)c1sc(C(C)(C)C)nc1C. The Labute approximate surface area is 120 Å². The van der Waals surface area contributed by atoms with Crippen LogP contribution in [-0.2, 0) is 10.2 Å². The number of carbonyl (C=O) groups excluding carboxylic acids is 1. The number of aromatic nitrogens is 1. The monoisotopic (exact) mass is 283 g/mol. The van der Waals surface area contributed by atoms with Gasteiger partial charge in [0.1, 0.15) is 0 Å². The van der Waals surface area contributed by atoms with Crippen LogP contribution in [0.2, 0.25) is 0 Å². The Bertz CT molecular complexity index is 434. The molecule has 1 rings (SSSR count). The van der Waals surface area contributed by atoms with Gasteiger partial charge in [-0.05, 0) is 13.8 Å². The molecule has 108 valence electrons. The number of hydrogen-bond acceptors (Lipinski definition) is 4. The van der Waals surface area contributed by atoms with Crippen LogP contribution in [0.4, 0.5) is 0 Å². The molecule has 0 aliphatic carbocycles. The molecule has 0 aromatic carbocycles. The second-order valence-corrected chi connectivity index (χ2v) is 6.85. The summed E-state index contributed by atoms with van der Waals surface area (Å²) in [6.07, 6.45) is 0.505. The van der Waals surface area contributed by atoms with E-state index in [1.807, 2.05) is 0 Å². The first-order valence-corrected chi connectivity index (χ1v) is 7.49. The van der Waals surface area contributed by atoms with Crippen molar-refractivity contribution in [1.82, 2.24) is 15.6 Å². The fraction of sp³-hybridized carbons (Fsp3) is 0.714. The predicted octanol–water partition coefficient (Wildman–Crippen LogP) is 2.54. The number of nitrogens with zero attached hydrogens (tertiary/aromatic N) is 1. The van der Waals surface area contributed by atoms with E-state index >= 15 is 0 Å². The van der Waals surface area contributed by atoms with Crippen molar-refractivity contribution < 1.29 is 4.79 Å². The van der Waals surface area contributed by atoms with Crippen LogP contribution >= 0.6 is 11.3 Å². The molecule has 1 aromatic heterocycles. The Kier molecular flexibility index (Phi) is 5.50. The van der Waals surface area contributed by atoms with Gasteiger partial charge in [0.15, 0.2) is 0 Å². The van der Waals surface area contributed by atoms with Gasteiger partial charge in [0.05, 0.1) is 10.7 Å². The molecule has 1 unspecified atom stereocenters. The van der Waals surface area contributed by atoms with Gasteiger partial charge in [-0.1, -0.05) is 20.8 Å². The summed E-state index contributed by atoms with van der Waals surface area (Å²) in [6.45, 7) is 11.4. The van der Waals surface area contributed by atoms with Gasteiger partial charge in [-0.3, -0.25) is 4.79 Å². The molecule has 19 heavy (non-hydrogen) atoms. The minimum atomic E-state index is 0.0658. The Morgan fingerprint density at radius 3 is 2.53 bits per heavy atom. The molecule has 1 amide bonds.